The quantitative estimate of drug-likeness (QED) is 0.431. The van der Waals surface area contributed by atoms with Crippen LogP contribution in [0.2, 0.25) is 0 Å². The Morgan fingerprint density at radius 2 is 1.53 bits per heavy atom. The molecule has 0 saturated heterocycles. The lowest BCUT2D eigenvalue weighted by atomic mass is 10.3. The summed E-state index contributed by atoms with van der Waals surface area (Å²) in [5, 5.41) is 9.97. The zero-order valence-electron chi connectivity index (χ0n) is 12.3. The van der Waals surface area contributed by atoms with Gasteiger partial charge in [0.15, 0.2) is 0 Å². The minimum atomic E-state index is -4.35. The summed E-state index contributed by atoms with van der Waals surface area (Å²) in [5.74, 6) is -1.17. The summed E-state index contributed by atoms with van der Waals surface area (Å²) < 4.78 is 11.2. The highest BCUT2D eigenvalue weighted by Gasteiger charge is 2.16. The largest absolute Gasteiger partial charge is 0.778 e. The SMILES string of the molecule is CC[N+](CC)(CC)CC.O=C(O)CNCP(=O)([O-])O. The maximum Gasteiger partial charge on any atom is 0.317 e. The Bertz CT molecular complexity index is 271. The summed E-state index contributed by atoms with van der Waals surface area (Å²) in [7, 11) is -4.35. The molecule has 1 unspecified atom stereocenters. The zero-order chi connectivity index (χ0) is 15.5. The lowest BCUT2D eigenvalue weighted by Gasteiger charge is -2.34. The van der Waals surface area contributed by atoms with Gasteiger partial charge in [-0.05, 0) is 27.7 Å². The normalized spacial score (nSPS) is 14.2. The second-order valence-electron chi connectivity index (χ2n) is 4.22. The summed E-state index contributed by atoms with van der Waals surface area (Å²) in [5.41, 5.74) is 0. The molecule has 0 fully saturated rings. The van der Waals surface area contributed by atoms with Gasteiger partial charge in [0, 0.05) is 0 Å². The molecule has 0 amide bonds. The second-order valence-corrected chi connectivity index (χ2v) is 5.81. The maximum atomic E-state index is 9.94. The molecule has 0 bridgehead atoms. The molecule has 116 valence electrons. The average Bonchev–Trinajstić information content (AvgIpc) is 2.31. The van der Waals surface area contributed by atoms with Gasteiger partial charge in [-0.25, -0.2) is 0 Å². The number of carbonyl (C=O) groups is 1. The van der Waals surface area contributed by atoms with Crippen LogP contribution < -0.4 is 10.2 Å². The summed E-state index contributed by atoms with van der Waals surface area (Å²) in [4.78, 5) is 27.8. The van der Waals surface area contributed by atoms with Crippen molar-refractivity contribution in [3.8, 4) is 0 Å². The van der Waals surface area contributed by atoms with Crippen LogP contribution in [-0.2, 0) is 9.36 Å². The molecule has 0 heterocycles. The summed E-state index contributed by atoms with van der Waals surface area (Å²) in [6.45, 7) is 13.7. The fraction of sp³-hybridized carbons (Fsp3) is 0.909. The summed E-state index contributed by atoms with van der Waals surface area (Å²) in [6, 6.07) is 0. The molecular weight excluding hydrogens is 271 g/mol. The number of quaternary nitrogens is 1. The van der Waals surface area contributed by atoms with Crippen LogP contribution in [0.1, 0.15) is 27.7 Å². The molecule has 19 heavy (non-hydrogen) atoms. The molecular formula is C11H27N2O5P. The van der Waals surface area contributed by atoms with Crippen LogP contribution in [0, 0.1) is 0 Å². The Morgan fingerprint density at radius 1 is 1.16 bits per heavy atom. The molecule has 0 saturated carbocycles. The second kappa shape index (κ2) is 10.3. The van der Waals surface area contributed by atoms with Crippen LogP contribution in [-0.4, -0.2) is 59.5 Å². The van der Waals surface area contributed by atoms with Gasteiger partial charge in [-0.15, -0.1) is 0 Å². The van der Waals surface area contributed by atoms with Crippen LogP contribution in [0.25, 0.3) is 0 Å². The fourth-order valence-electron chi connectivity index (χ4n) is 1.65. The van der Waals surface area contributed by atoms with Crippen LogP contribution in [0.4, 0.5) is 0 Å². The van der Waals surface area contributed by atoms with Gasteiger partial charge in [-0.1, -0.05) is 0 Å². The first-order valence-corrected chi connectivity index (χ1v) is 8.23. The third kappa shape index (κ3) is 12.3. The van der Waals surface area contributed by atoms with Gasteiger partial charge in [0.2, 0.25) is 0 Å². The Balaban J connectivity index is 0. The van der Waals surface area contributed by atoms with Crippen molar-refractivity contribution in [1.29, 1.82) is 0 Å². The highest BCUT2D eigenvalue weighted by molar-refractivity contribution is 7.50. The van der Waals surface area contributed by atoms with Gasteiger partial charge in [0.1, 0.15) is 7.60 Å². The van der Waals surface area contributed by atoms with Crippen LogP contribution in [0.15, 0.2) is 0 Å². The first-order valence-electron chi connectivity index (χ1n) is 6.46. The van der Waals surface area contributed by atoms with Gasteiger partial charge in [-0.3, -0.25) is 10.1 Å². The van der Waals surface area contributed by atoms with Gasteiger partial charge in [0.05, 0.1) is 39.0 Å². The van der Waals surface area contributed by atoms with Crippen molar-refractivity contribution in [1.82, 2.24) is 5.32 Å². The number of aliphatic carboxylic acids is 1. The van der Waals surface area contributed by atoms with Gasteiger partial charge >= 0.3 is 5.97 Å². The number of hydrogen-bond acceptors (Lipinski definition) is 4. The Labute approximate surface area is 115 Å². The van der Waals surface area contributed by atoms with E-state index in [0.29, 0.717) is 0 Å². The molecule has 0 aliphatic carbocycles. The van der Waals surface area contributed by atoms with Crippen LogP contribution in [0.3, 0.4) is 0 Å². The standard InChI is InChI=1S/C8H20N.C3H8NO5P/c1-5-9(6-2,7-3)8-4;5-3(6)1-4-2-10(7,8)9/h5-8H2,1-4H3;4H,1-2H2,(H,5,6)(H2,7,8,9)/q+1;/p-1. The Morgan fingerprint density at radius 3 is 1.68 bits per heavy atom. The number of nitrogens with zero attached hydrogens (tertiary/aromatic N) is 1. The van der Waals surface area contributed by atoms with E-state index >= 15 is 0 Å². The molecule has 0 aromatic rings. The molecule has 0 aliphatic rings. The lowest BCUT2D eigenvalue weighted by molar-refractivity contribution is -0.921. The monoisotopic (exact) mass is 298 g/mol. The average molecular weight is 298 g/mol. The summed E-state index contributed by atoms with van der Waals surface area (Å²) >= 11 is 0. The van der Waals surface area contributed by atoms with E-state index in [1.807, 2.05) is 5.32 Å². The van der Waals surface area contributed by atoms with Crippen LogP contribution >= 0.6 is 7.60 Å². The van der Waals surface area contributed by atoms with Crippen molar-refractivity contribution in [2.75, 3.05) is 39.0 Å². The van der Waals surface area contributed by atoms with Gasteiger partial charge < -0.3 is 23.9 Å². The highest BCUT2D eigenvalue weighted by Crippen LogP contribution is 2.25. The van der Waals surface area contributed by atoms with E-state index in [0.717, 1.165) is 0 Å². The van der Waals surface area contributed by atoms with Crippen molar-refractivity contribution in [2.45, 2.75) is 27.7 Å². The molecule has 7 nitrogen and oxygen atoms in total. The number of carboxylic acid groups (broad SMARTS) is 1. The third-order valence-electron chi connectivity index (χ3n) is 3.27. The number of rotatable bonds is 8. The van der Waals surface area contributed by atoms with E-state index in [9.17, 15) is 14.3 Å². The third-order valence-corrected chi connectivity index (χ3v) is 3.89. The van der Waals surface area contributed by atoms with E-state index in [-0.39, 0.29) is 0 Å². The Hall–Kier alpha value is -0.460. The molecule has 0 aromatic carbocycles. The van der Waals surface area contributed by atoms with Gasteiger partial charge in [0.25, 0.3) is 0 Å². The highest BCUT2D eigenvalue weighted by atomic mass is 31.2. The molecule has 1 atom stereocenters. The molecule has 0 aliphatic heterocycles. The molecule has 3 N–H and O–H groups in total. The Kier molecular flexibility index (Phi) is 11.3. The fourth-order valence-corrected chi connectivity index (χ4v) is 2.04. The number of hydrogen-bond donors (Lipinski definition) is 3. The lowest BCUT2D eigenvalue weighted by Crippen LogP contribution is -2.47. The summed E-state index contributed by atoms with van der Waals surface area (Å²) in [6.07, 6.45) is -0.709. The molecule has 8 heteroatoms. The first kappa shape index (κ1) is 20.8. The molecule has 0 aromatic heterocycles. The zero-order valence-corrected chi connectivity index (χ0v) is 13.2. The minimum Gasteiger partial charge on any atom is -0.778 e. The predicted molar refractivity (Wildman–Crippen MR) is 72.8 cm³/mol. The van der Waals surface area contributed by atoms with Crippen molar-refractivity contribution < 1.29 is 28.7 Å². The topological polar surface area (TPSA) is 110 Å². The minimum absolute atomic E-state index is 0.479. The first-order chi connectivity index (χ1) is 8.66. The molecule has 0 rings (SSSR count). The smallest absolute Gasteiger partial charge is 0.317 e. The van der Waals surface area contributed by atoms with E-state index in [1.54, 1.807) is 0 Å². The van der Waals surface area contributed by atoms with Crippen molar-refractivity contribution in [3.05, 3.63) is 0 Å². The predicted octanol–water partition coefficient (Wildman–Crippen LogP) is 0.0466. The van der Waals surface area contributed by atoms with E-state index in [1.165, 1.54) is 30.7 Å². The molecule has 0 spiro atoms. The van der Waals surface area contributed by atoms with Crippen molar-refractivity contribution >= 4 is 13.6 Å². The van der Waals surface area contributed by atoms with Crippen molar-refractivity contribution in [3.63, 3.8) is 0 Å². The maximum absolute atomic E-state index is 9.94. The van der Waals surface area contributed by atoms with E-state index in [2.05, 4.69) is 27.7 Å². The van der Waals surface area contributed by atoms with Crippen molar-refractivity contribution in [2.24, 2.45) is 0 Å². The van der Waals surface area contributed by atoms with Crippen LogP contribution in [0.5, 0.6) is 0 Å². The van der Waals surface area contributed by atoms with E-state index < -0.39 is 26.4 Å². The number of carboxylic acids is 1. The van der Waals surface area contributed by atoms with Gasteiger partial charge in [-0.2, -0.15) is 0 Å². The number of nitrogens with one attached hydrogen (secondary N) is 1. The molecule has 0 radical (unpaired) electrons. The van der Waals surface area contributed by atoms with E-state index in [4.69, 9.17) is 10.00 Å².